The molecule has 8 nitrogen and oxygen atoms in total. The number of aromatic amines is 1. The maximum absolute atomic E-state index is 14.0. The summed E-state index contributed by atoms with van der Waals surface area (Å²) in [6.07, 6.45) is 12.8. The normalized spacial score (nSPS) is 26.5. The molecule has 3 fully saturated rings. The van der Waals surface area contributed by atoms with Crippen LogP contribution in [-0.4, -0.2) is 75.9 Å². The zero-order valence-electron chi connectivity index (χ0n) is 23.5. The average molecular weight is 522 g/mol. The number of rotatable bonds is 3. The summed E-state index contributed by atoms with van der Waals surface area (Å²) in [4.78, 5) is 34.8. The van der Waals surface area contributed by atoms with Crippen molar-refractivity contribution >= 4 is 29.0 Å². The Morgan fingerprint density at radius 3 is 2.37 bits per heavy atom. The summed E-state index contributed by atoms with van der Waals surface area (Å²) in [7, 11) is 0. The number of hydrogen-bond acceptors (Lipinski definition) is 5. The van der Waals surface area contributed by atoms with Crippen LogP contribution in [0.5, 0.6) is 0 Å². The predicted molar refractivity (Wildman–Crippen MR) is 149 cm³/mol. The van der Waals surface area contributed by atoms with Crippen LogP contribution in [0.25, 0.3) is 23.1 Å². The lowest BCUT2D eigenvalue weighted by molar-refractivity contribution is -0.137. The highest BCUT2D eigenvalue weighted by atomic mass is 16.5. The number of piperazine rings is 1. The van der Waals surface area contributed by atoms with Gasteiger partial charge in [0.1, 0.15) is 0 Å². The summed E-state index contributed by atoms with van der Waals surface area (Å²) >= 11 is 0. The van der Waals surface area contributed by atoms with Crippen molar-refractivity contribution in [3.63, 3.8) is 0 Å². The van der Waals surface area contributed by atoms with E-state index in [-0.39, 0.29) is 23.4 Å². The molecule has 4 aliphatic rings. The molecule has 2 aromatic heterocycles. The van der Waals surface area contributed by atoms with Gasteiger partial charge in [-0.05, 0) is 43.9 Å². The number of nitrogens with one attached hydrogen (secondary N) is 1. The van der Waals surface area contributed by atoms with Crippen LogP contribution in [0.3, 0.4) is 0 Å². The van der Waals surface area contributed by atoms with E-state index in [1.165, 1.54) is 25.7 Å². The van der Waals surface area contributed by atoms with Crippen molar-refractivity contribution in [2.75, 3.05) is 39.4 Å². The first-order valence-electron chi connectivity index (χ1n) is 14.6. The van der Waals surface area contributed by atoms with Crippen LogP contribution in [0.1, 0.15) is 72.3 Å². The lowest BCUT2D eigenvalue weighted by Gasteiger charge is -2.45. The summed E-state index contributed by atoms with van der Waals surface area (Å²) < 4.78 is 7.58. The minimum absolute atomic E-state index is 0.121. The first-order valence-corrected chi connectivity index (χ1v) is 14.6. The SMILES string of the molecule is CC1(C)CCC(N2CCN(C(=O)C3C=c4c([nH]c(=O)c5cnn(C6CCOCC6)c45)=CC3(C)C)CC2)CC1. The zero-order chi connectivity index (χ0) is 26.7. The van der Waals surface area contributed by atoms with Crippen molar-refractivity contribution in [2.45, 2.75) is 78.3 Å². The highest BCUT2D eigenvalue weighted by Gasteiger charge is 2.39. The number of H-pyrrole nitrogens is 1. The van der Waals surface area contributed by atoms with Crippen LogP contribution >= 0.6 is 0 Å². The van der Waals surface area contributed by atoms with Gasteiger partial charge in [-0.15, -0.1) is 0 Å². The largest absolute Gasteiger partial charge is 0.381 e. The number of carbonyl (C=O) groups is 1. The van der Waals surface area contributed by atoms with Gasteiger partial charge >= 0.3 is 0 Å². The molecular formula is C30H43N5O3. The smallest absolute Gasteiger partial charge is 0.259 e. The quantitative estimate of drug-likeness (QED) is 0.671. The van der Waals surface area contributed by atoms with Gasteiger partial charge in [-0.3, -0.25) is 19.2 Å². The topological polar surface area (TPSA) is 83.5 Å². The second kappa shape index (κ2) is 9.63. The molecule has 1 unspecified atom stereocenters. The molecule has 1 amide bonds. The Kier molecular flexibility index (Phi) is 6.54. The van der Waals surface area contributed by atoms with Crippen LogP contribution in [-0.2, 0) is 9.53 Å². The minimum atomic E-state index is -0.406. The molecule has 6 rings (SSSR count). The van der Waals surface area contributed by atoms with E-state index < -0.39 is 5.41 Å². The summed E-state index contributed by atoms with van der Waals surface area (Å²) in [5, 5.41) is 6.98. The standard InChI is InChI=1S/C30H43N5O3/c1-29(2)9-5-20(6-10-29)33-11-13-34(14-12-33)28(37)24-17-22-25(18-30(24,3)4)32-27(36)23-19-31-35(26(22)23)21-7-15-38-16-8-21/h17-21,24H,5-16H2,1-4H3,(H,32,36). The second-order valence-electron chi connectivity index (χ2n) is 13.3. The first kappa shape index (κ1) is 25.8. The lowest BCUT2D eigenvalue weighted by Crippen LogP contribution is -2.55. The molecule has 38 heavy (non-hydrogen) atoms. The molecule has 0 radical (unpaired) electrons. The third-order valence-corrected chi connectivity index (χ3v) is 9.74. The molecule has 1 N–H and O–H groups in total. The Balaban J connectivity index is 1.28. The summed E-state index contributed by atoms with van der Waals surface area (Å²) in [6, 6.07) is 0.858. The van der Waals surface area contributed by atoms with Gasteiger partial charge in [0, 0.05) is 61.4 Å². The molecule has 206 valence electrons. The molecule has 0 spiro atoms. The van der Waals surface area contributed by atoms with E-state index in [1.807, 2.05) is 4.68 Å². The van der Waals surface area contributed by atoms with Gasteiger partial charge in [0.15, 0.2) is 0 Å². The van der Waals surface area contributed by atoms with E-state index in [2.05, 4.69) is 59.7 Å². The fraction of sp³-hybridized carbons (Fsp3) is 0.700. The van der Waals surface area contributed by atoms with Gasteiger partial charge in [0.05, 0.1) is 29.1 Å². The minimum Gasteiger partial charge on any atom is -0.381 e. The maximum Gasteiger partial charge on any atom is 0.259 e. The van der Waals surface area contributed by atoms with Gasteiger partial charge in [0.2, 0.25) is 5.91 Å². The predicted octanol–water partition coefficient (Wildman–Crippen LogP) is 2.41. The molecule has 2 aliphatic heterocycles. The van der Waals surface area contributed by atoms with Crippen LogP contribution < -0.4 is 16.1 Å². The fourth-order valence-electron chi connectivity index (χ4n) is 7.16. The molecule has 0 bridgehead atoms. The molecule has 2 saturated heterocycles. The van der Waals surface area contributed by atoms with Gasteiger partial charge in [-0.25, -0.2) is 0 Å². The second-order valence-corrected chi connectivity index (χ2v) is 13.3. The molecule has 2 aromatic rings. The third-order valence-electron chi connectivity index (χ3n) is 9.74. The molecular weight excluding hydrogens is 478 g/mol. The molecule has 1 atom stereocenters. The van der Waals surface area contributed by atoms with E-state index in [4.69, 9.17) is 4.74 Å². The van der Waals surface area contributed by atoms with E-state index in [1.54, 1.807) is 6.20 Å². The number of carbonyl (C=O) groups excluding carboxylic acids is 1. The van der Waals surface area contributed by atoms with E-state index >= 15 is 0 Å². The third kappa shape index (κ3) is 4.64. The Bertz CT molecular complexity index is 1380. The van der Waals surface area contributed by atoms with Crippen molar-refractivity contribution < 1.29 is 9.53 Å². The Labute approximate surface area is 224 Å². The number of fused-ring (bicyclic) bond motifs is 3. The summed E-state index contributed by atoms with van der Waals surface area (Å²) in [5.41, 5.74) is 0.796. The lowest BCUT2D eigenvalue weighted by atomic mass is 9.74. The van der Waals surface area contributed by atoms with Gasteiger partial charge < -0.3 is 14.6 Å². The van der Waals surface area contributed by atoms with E-state index in [9.17, 15) is 9.59 Å². The molecule has 2 aliphatic carbocycles. The highest BCUT2D eigenvalue weighted by Crippen LogP contribution is 2.38. The number of aromatic nitrogens is 3. The van der Waals surface area contributed by atoms with Gasteiger partial charge in [-0.1, -0.05) is 39.8 Å². The van der Waals surface area contributed by atoms with Crippen molar-refractivity contribution in [2.24, 2.45) is 16.7 Å². The van der Waals surface area contributed by atoms with Crippen LogP contribution in [0.15, 0.2) is 11.0 Å². The molecule has 0 aromatic carbocycles. The average Bonchev–Trinajstić information content (AvgIpc) is 3.34. The van der Waals surface area contributed by atoms with Crippen LogP contribution in [0.2, 0.25) is 0 Å². The monoisotopic (exact) mass is 521 g/mol. The van der Waals surface area contributed by atoms with Crippen molar-refractivity contribution in [3.8, 4) is 0 Å². The fourth-order valence-corrected chi connectivity index (χ4v) is 7.16. The van der Waals surface area contributed by atoms with Crippen LogP contribution in [0.4, 0.5) is 0 Å². The van der Waals surface area contributed by atoms with Crippen LogP contribution in [0, 0.1) is 16.7 Å². The van der Waals surface area contributed by atoms with Gasteiger partial charge in [0.25, 0.3) is 5.56 Å². The Morgan fingerprint density at radius 2 is 1.68 bits per heavy atom. The number of hydrogen-bond donors (Lipinski definition) is 1. The zero-order valence-corrected chi connectivity index (χ0v) is 23.5. The maximum atomic E-state index is 14.0. The first-order chi connectivity index (χ1) is 18.1. The number of pyridine rings is 1. The number of nitrogens with zero attached hydrogens (tertiary/aromatic N) is 4. The summed E-state index contributed by atoms with van der Waals surface area (Å²) in [6.45, 7) is 13.9. The molecule has 4 heterocycles. The van der Waals surface area contributed by atoms with Crippen molar-refractivity contribution in [1.82, 2.24) is 24.6 Å². The number of amides is 1. The highest BCUT2D eigenvalue weighted by molar-refractivity contribution is 5.89. The Hall–Kier alpha value is -2.45. The van der Waals surface area contributed by atoms with Crippen molar-refractivity contribution in [3.05, 3.63) is 27.1 Å². The van der Waals surface area contributed by atoms with E-state index in [0.29, 0.717) is 30.1 Å². The Morgan fingerprint density at radius 1 is 1.00 bits per heavy atom. The molecule has 1 saturated carbocycles. The van der Waals surface area contributed by atoms with Crippen molar-refractivity contribution in [1.29, 1.82) is 0 Å². The summed E-state index contributed by atoms with van der Waals surface area (Å²) in [5.74, 6) is -0.0954. The van der Waals surface area contributed by atoms with E-state index in [0.717, 1.165) is 55.1 Å². The molecule has 8 heteroatoms. The van der Waals surface area contributed by atoms with Gasteiger partial charge in [-0.2, -0.15) is 5.10 Å². The number of ether oxygens (including phenoxy) is 1.